The van der Waals surface area contributed by atoms with Crippen LogP contribution in [-0.2, 0) is 9.59 Å². The molecule has 2 fully saturated rings. The molecule has 0 radical (unpaired) electrons. The highest BCUT2D eigenvalue weighted by molar-refractivity contribution is 7.99. The van der Waals surface area contributed by atoms with E-state index in [0.717, 1.165) is 37.2 Å². The van der Waals surface area contributed by atoms with Crippen molar-refractivity contribution in [1.82, 2.24) is 5.32 Å². The van der Waals surface area contributed by atoms with Crippen LogP contribution in [0.5, 0.6) is 0 Å². The van der Waals surface area contributed by atoms with Crippen LogP contribution in [0.15, 0.2) is 0 Å². The lowest BCUT2D eigenvalue weighted by Crippen LogP contribution is -2.42. The van der Waals surface area contributed by atoms with Gasteiger partial charge in [-0.05, 0) is 37.2 Å². The molecule has 2 unspecified atom stereocenters. The second-order valence-corrected chi connectivity index (χ2v) is 6.10. The van der Waals surface area contributed by atoms with Gasteiger partial charge in [0.2, 0.25) is 5.91 Å². The molecule has 0 aromatic rings. The van der Waals surface area contributed by atoms with Gasteiger partial charge >= 0.3 is 5.97 Å². The average Bonchev–Trinajstić information content (AvgIpc) is 2.79. The van der Waals surface area contributed by atoms with Crippen LogP contribution in [0.2, 0.25) is 0 Å². The molecule has 0 spiro atoms. The zero-order valence-corrected chi connectivity index (χ0v) is 10.7. The molecule has 2 atom stereocenters. The third-order valence-corrected chi connectivity index (χ3v) is 4.79. The average molecular weight is 257 g/mol. The number of nitrogens with one attached hydrogen (secondary N) is 1. The standard InChI is InChI=1S/C12H19NO3S/c14-11(13-8-4-6-17-7-5-8)9-2-1-3-10(9)12(15)16/h8-10H,1-7H2,(H,13,14)(H,15,16). The summed E-state index contributed by atoms with van der Waals surface area (Å²) in [6.45, 7) is 0. The smallest absolute Gasteiger partial charge is 0.307 e. The molecule has 1 amide bonds. The van der Waals surface area contributed by atoms with E-state index >= 15 is 0 Å². The lowest BCUT2D eigenvalue weighted by atomic mass is 9.95. The monoisotopic (exact) mass is 257 g/mol. The normalized spacial score (nSPS) is 30.1. The lowest BCUT2D eigenvalue weighted by Gasteiger charge is -2.25. The van der Waals surface area contributed by atoms with Crippen molar-refractivity contribution in [2.24, 2.45) is 11.8 Å². The van der Waals surface area contributed by atoms with Gasteiger partial charge in [0.25, 0.3) is 0 Å². The fourth-order valence-electron chi connectivity index (χ4n) is 2.72. The van der Waals surface area contributed by atoms with Crippen molar-refractivity contribution >= 4 is 23.6 Å². The lowest BCUT2D eigenvalue weighted by molar-refractivity contribution is -0.146. The number of carboxylic acid groups (broad SMARTS) is 1. The maximum Gasteiger partial charge on any atom is 0.307 e. The molecule has 2 aliphatic rings. The molecule has 0 aromatic carbocycles. The minimum absolute atomic E-state index is 0.0354. The SMILES string of the molecule is O=C(O)C1CCCC1C(=O)NC1CCSCC1. The molecule has 5 heteroatoms. The third kappa shape index (κ3) is 3.15. The quantitative estimate of drug-likeness (QED) is 0.804. The van der Waals surface area contributed by atoms with Gasteiger partial charge < -0.3 is 10.4 Å². The number of hydrogen-bond acceptors (Lipinski definition) is 3. The fraction of sp³-hybridized carbons (Fsp3) is 0.833. The summed E-state index contributed by atoms with van der Waals surface area (Å²) in [7, 11) is 0. The Morgan fingerprint density at radius 2 is 1.71 bits per heavy atom. The van der Waals surface area contributed by atoms with E-state index in [1.54, 1.807) is 0 Å². The van der Waals surface area contributed by atoms with Gasteiger partial charge in [0, 0.05) is 6.04 Å². The van der Waals surface area contributed by atoms with Crippen LogP contribution < -0.4 is 5.32 Å². The van der Waals surface area contributed by atoms with E-state index in [1.807, 2.05) is 11.8 Å². The Hall–Kier alpha value is -0.710. The predicted octanol–water partition coefficient (Wildman–Crippen LogP) is 1.50. The first-order chi connectivity index (χ1) is 8.18. The van der Waals surface area contributed by atoms with Crippen LogP contribution in [-0.4, -0.2) is 34.5 Å². The number of aliphatic carboxylic acids is 1. The van der Waals surface area contributed by atoms with E-state index in [0.29, 0.717) is 6.42 Å². The summed E-state index contributed by atoms with van der Waals surface area (Å²) in [6.07, 6.45) is 4.26. The minimum Gasteiger partial charge on any atom is -0.481 e. The summed E-state index contributed by atoms with van der Waals surface area (Å²) in [5.74, 6) is 0.569. The van der Waals surface area contributed by atoms with Gasteiger partial charge in [0.05, 0.1) is 11.8 Å². The first kappa shape index (κ1) is 12.7. The summed E-state index contributed by atoms with van der Waals surface area (Å²) in [6, 6.07) is 0.263. The van der Waals surface area contributed by atoms with Crippen LogP contribution in [0.1, 0.15) is 32.1 Å². The van der Waals surface area contributed by atoms with Crippen LogP contribution in [0.4, 0.5) is 0 Å². The molecule has 2 N–H and O–H groups in total. The zero-order valence-electron chi connectivity index (χ0n) is 9.85. The molecular weight excluding hydrogens is 238 g/mol. The number of carbonyl (C=O) groups excluding carboxylic acids is 1. The van der Waals surface area contributed by atoms with E-state index in [9.17, 15) is 9.59 Å². The van der Waals surface area contributed by atoms with E-state index in [-0.39, 0.29) is 17.9 Å². The maximum absolute atomic E-state index is 12.0. The molecular formula is C12H19NO3S. The summed E-state index contributed by atoms with van der Waals surface area (Å²) in [5.41, 5.74) is 0. The van der Waals surface area contributed by atoms with E-state index in [2.05, 4.69) is 5.32 Å². The Kier molecular flexibility index (Phi) is 4.31. The third-order valence-electron chi connectivity index (χ3n) is 3.74. The molecule has 1 saturated heterocycles. The first-order valence-corrected chi connectivity index (χ1v) is 7.45. The number of rotatable bonds is 3. The molecule has 1 aliphatic heterocycles. The van der Waals surface area contributed by atoms with Gasteiger partial charge in [-0.15, -0.1) is 0 Å². The van der Waals surface area contributed by atoms with E-state index < -0.39 is 11.9 Å². The Morgan fingerprint density at radius 3 is 2.35 bits per heavy atom. The van der Waals surface area contributed by atoms with Crippen molar-refractivity contribution in [2.75, 3.05) is 11.5 Å². The maximum atomic E-state index is 12.0. The molecule has 2 rings (SSSR count). The zero-order chi connectivity index (χ0) is 12.3. The van der Waals surface area contributed by atoms with E-state index in [4.69, 9.17) is 5.11 Å². The topological polar surface area (TPSA) is 66.4 Å². The Labute approximate surface area is 106 Å². The highest BCUT2D eigenvalue weighted by atomic mass is 32.2. The van der Waals surface area contributed by atoms with Crippen molar-refractivity contribution in [3.63, 3.8) is 0 Å². The van der Waals surface area contributed by atoms with Crippen molar-refractivity contribution in [3.8, 4) is 0 Å². The predicted molar refractivity (Wildman–Crippen MR) is 67.0 cm³/mol. The molecule has 0 aromatic heterocycles. The van der Waals surface area contributed by atoms with Crippen LogP contribution in [0, 0.1) is 11.8 Å². The molecule has 4 nitrogen and oxygen atoms in total. The summed E-state index contributed by atoms with van der Waals surface area (Å²) in [4.78, 5) is 23.1. The molecule has 1 aliphatic carbocycles. The Balaban J connectivity index is 1.88. The summed E-state index contributed by atoms with van der Waals surface area (Å²) >= 11 is 1.92. The van der Waals surface area contributed by atoms with Crippen molar-refractivity contribution in [3.05, 3.63) is 0 Å². The van der Waals surface area contributed by atoms with Gasteiger partial charge in [-0.2, -0.15) is 11.8 Å². The minimum atomic E-state index is -0.818. The van der Waals surface area contributed by atoms with Gasteiger partial charge in [0.1, 0.15) is 0 Å². The highest BCUT2D eigenvalue weighted by Gasteiger charge is 2.38. The van der Waals surface area contributed by atoms with Crippen LogP contribution >= 0.6 is 11.8 Å². The number of carbonyl (C=O) groups is 2. The Morgan fingerprint density at radius 1 is 1.06 bits per heavy atom. The molecule has 96 valence electrons. The largest absolute Gasteiger partial charge is 0.481 e. The van der Waals surface area contributed by atoms with Crippen molar-refractivity contribution < 1.29 is 14.7 Å². The van der Waals surface area contributed by atoms with Gasteiger partial charge in [0.15, 0.2) is 0 Å². The van der Waals surface area contributed by atoms with Crippen LogP contribution in [0.25, 0.3) is 0 Å². The fourth-order valence-corrected chi connectivity index (χ4v) is 3.83. The number of amides is 1. The first-order valence-electron chi connectivity index (χ1n) is 6.29. The number of thioether (sulfide) groups is 1. The Bertz CT molecular complexity index is 302. The molecule has 1 saturated carbocycles. The second kappa shape index (κ2) is 5.76. The van der Waals surface area contributed by atoms with Gasteiger partial charge in [-0.1, -0.05) is 6.42 Å². The summed E-state index contributed by atoms with van der Waals surface area (Å²) < 4.78 is 0. The second-order valence-electron chi connectivity index (χ2n) is 4.88. The van der Waals surface area contributed by atoms with Crippen LogP contribution in [0.3, 0.4) is 0 Å². The number of hydrogen-bond donors (Lipinski definition) is 2. The van der Waals surface area contributed by atoms with E-state index in [1.165, 1.54) is 0 Å². The highest BCUT2D eigenvalue weighted by Crippen LogP contribution is 2.32. The van der Waals surface area contributed by atoms with Gasteiger partial charge in [-0.3, -0.25) is 9.59 Å². The van der Waals surface area contributed by atoms with Crippen molar-refractivity contribution in [1.29, 1.82) is 0 Å². The number of carboxylic acids is 1. The van der Waals surface area contributed by atoms with Crippen molar-refractivity contribution in [2.45, 2.75) is 38.1 Å². The van der Waals surface area contributed by atoms with Gasteiger partial charge in [-0.25, -0.2) is 0 Å². The molecule has 17 heavy (non-hydrogen) atoms. The molecule has 1 heterocycles. The summed E-state index contributed by atoms with van der Waals surface area (Å²) in [5, 5.41) is 12.1. The molecule has 0 bridgehead atoms.